The van der Waals surface area contributed by atoms with E-state index in [0.29, 0.717) is 22.7 Å². The number of rotatable bonds is 7. The van der Waals surface area contributed by atoms with Crippen molar-refractivity contribution >= 4 is 40.7 Å². The summed E-state index contributed by atoms with van der Waals surface area (Å²) in [6, 6.07) is 33.2. The average molecular weight is 466 g/mol. The zero-order valence-electron chi connectivity index (χ0n) is 18.8. The number of hydrogen-bond donors (Lipinski definition) is 2. The van der Waals surface area contributed by atoms with Crippen molar-refractivity contribution in [3.63, 3.8) is 0 Å². The zero-order chi connectivity index (χ0) is 24.5. The molecule has 4 aromatic rings. The maximum Gasteiger partial charge on any atom is 0.338 e. The molecule has 0 aliphatic carbocycles. The molecule has 0 heterocycles. The molecule has 0 radical (unpaired) electrons. The van der Waals surface area contributed by atoms with Gasteiger partial charge in [-0.05, 0) is 60.7 Å². The van der Waals surface area contributed by atoms with Gasteiger partial charge < -0.3 is 15.4 Å². The summed E-state index contributed by atoms with van der Waals surface area (Å²) >= 11 is 0. The molecule has 0 spiro atoms. The summed E-state index contributed by atoms with van der Waals surface area (Å²) in [4.78, 5) is 39.2. The molecule has 174 valence electrons. The Labute approximate surface area is 203 Å². The second-order valence-electron chi connectivity index (χ2n) is 7.50. The Morgan fingerprint density at radius 2 is 1.06 bits per heavy atom. The minimum absolute atomic E-state index is 0.262. The van der Waals surface area contributed by atoms with E-state index >= 15 is 0 Å². The molecule has 0 fully saturated rings. The monoisotopic (exact) mass is 465 g/mol. The van der Waals surface area contributed by atoms with Crippen molar-refractivity contribution in [1.29, 1.82) is 0 Å². The van der Waals surface area contributed by atoms with Crippen LogP contribution in [0, 0.1) is 0 Å². The molecule has 7 heteroatoms. The molecule has 2 N–H and O–H groups in total. The summed E-state index contributed by atoms with van der Waals surface area (Å²) in [6.07, 6.45) is 0. The number of benzene rings is 4. The van der Waals surface area contributed by atoms with Gasteiger partial charge in [0, 0.05) is 22.7 Å². The predicted molar refractivity (Wildman–Crippen MR) is 136 cm³/mol. The van der Waals surface area contributed by atoms with Crippen molar-refractivity contribution in [2.75, 3.05) is 22.1 Å². The SMILES string of the molecule is O=C(Nc1ccccc1)Nc1ccc(C(=O)OCC(=O)N(c2ccccc2)c2ccccc2)cc1. The highest BCUT2D eigenvalue weighted by atomic mass is 16.5. The summed E-state index contributed by atoms with van der Waals surface area (Å²) in [5, 5.41) is 5.41. The summed E-state index contributed by atoms with van der Waals surface area (Å²) in [6.45, 7) is -0.428. The summed E-state index contributed by atoms with van der Waals surface area (Å²) in [7, 11) is 0. The fraction of sp³-hybridized carbons (Fsp3) is 0.0357. The van der Waals surface area contributed by atoms with Gasteiger partial charge in [-0.2, -0.15) is 0 Å². The van der Waals surface area contributed by atoms with E-state index in [-0.39, 0.29) is 11.5 Å². The largest absolute Gasteiger partial charge is 0.452 e. The summed E-state index contributed by atoms with van der Waals surface area (Å²) in [5.74, 6) is -1.02. The average Bonchev–Trinajstić information content (AvgIpc) is 2.89. The van der Waals surface area contributed by atoms with Crippen LogP contribution in [0.5, 0.6) is 0 Å². The number of amides is 3. The van der Waals surface area contributed by atoms with Crippen LogP contribution >= 0.6 is 0 Å². The molecule has 3 amide bonds. The quantitative estimate of drug-likeness (QED) is 0.335. The van der Waals surface area contributed by atoms with Crippen LogP contribution in [0.2, 0.25) is 0 Å². The molecule has 0 saturated carbocycles. The first-order valence-electron chi connectivity index (χ1n) is 10.9. The number of para-hydroxylation sites is 3. The van der Waals surface area contributed by atoms with Crippen LogP contribution < -0.4 is 15.5 Å². The smallest absolute Gasteiger partial charge is 0.338 e. The Morgan fingerprint density at radius 1 is 0.600 bits per heavy atom. The number of nitrogens with one attached hydrogen (secondary N) is 2. The minimum atomic E-state index is -0.639. The van der Waals surface area contributed by atoms with Crippen molar-refractivity contribution < 1.29 is 19.1 Å². The van der Waals surface area contributed by atoms with Crippen molar-refractivity contribution in [3.8, 4) is 0 Å². The van der Waals surface area contributed by atoms with E-state index in [1.807, 2.05) is 78.9 Å². The lowest BCUT2D eigenvalue weighted by Gasteiger charge is -2.22. The number of urea groups is 1. The normalized spacial score (nSPS) is 10.2. The number of esters is 1. The van der Waals surface area contributed by atoms with Crippen LogP contribution in [0.25, 0.3) is 0 Å². The van der Waals surface area contributed by atoms with Gasteiger partial charge in [0.15, 0.2) is 6.61 Å². The first kappa shape index (κ1) is 23.3. The molecule has 35 heavy (non-hydrogen) atoms. The van der Waals surface area contributed by atoms with E-state index in [9.17, 15) is 14.4 Å². The Balaban J connectivity index is 1.36. The van der Waals surface area contributed by atoms with Gasteiger partial charge in [-0.25, -0.2) is 9.59 Å². The Hall–Kier alpha value is -4.91. The van der Waals surface area contributed by atoms with Crippen molar-refractivity contribution in [2.24, 2.45) is 0 Å². The molecule has 4 aromatic carbocycles. The molecule has 0 unspecified atom stereocenters. The fourth-order valence-electron chi connectivity index (χ4n) is 3.37. The Morgan fingerprint density at radius 3 is 1.57 bits per heavy atom. The van der Waals surface area contributed by atoms with Crippen molar-refractivity contribution in [2.45, 2.75) is 0 Å². The molecule has 0 aliphatic rings. The second kappa shape index (κ2) is 11.3. The van der Waals surface area contributed by atoms with Crippen molar-refractivity contribution in [3.05, 3.63) is 121 Å². The highest BCUT2D eigenvalue weighted by molar-refractivity contribution is 6.03. The number of carbonyl (C=O) groups is 3. The maximum atomic E-state index is 13.0. The maximum absolute atomic E-state index is 13.0. The molecular formula is C28H23N3O4. The molecule has 7 nitrogen and oxygen atoms in total. The standard InChI is InChI=1S/C28H23N3O4/c32-26(31(24-12-6-2-7-13-24)25-14-8-3-9-15-25)20-35-27(33)21-16-18-23(19-17-21)30-28(34)29-22-10-4-1-5-11-22/h1-19H,20H2,(H2,29,30,34). The number of ether oxygens (including phenoxy) is 1. The number of anilines is 4. The second-order valence-corrected chi connectivity index (χ2v) is 7.50. The molecular weight excluding hydrogens is 442 g/mol. The van der Waals surface area contributed by atoms with Gasteiger partial charge in [0.25, 0.3) is 5.91 Å². The van der Waals surface area contributed by atoms with Gasteiger partial charge in [-0.3, -0.25) is 9.69 Å². The molecule has 0 aliphatic heterocycles. The topological polar surface area (TPSA) is 87.7 Å². The third-order valence-corrected chi connectivity index (χ3v) is 5.02. The van der Waals surface area contributed by atoms with Crippen molar-refractivity contribution in [1.82, 2.24) is 0 Å². The van der Waals surface area contributed by atoms with Crippen LogP contribution in [0.15, 0.2) is 115 Å². The highest BCUT2D eigenvalue weighted by Gasteiger charge is 2.20. The predicted octanol–water partition coefficient (Wildman–Crippen LogP) is 5.85. The van der Waals surface area contributed by atoms with E-state index in [0.717, 1.165) is 0 Å². The van der Waals surface area contributed by atoms with E-state index in [1.54, 1.807) is 24.3 Å². The Kier molecular flexibility index (Phi) is 7.50. The number of carbonyl (C=O) groups excluding carboxylic acids is 3. The molecule has 4 rings (SSSR count). The third kappa shape index (κ3) is 6.33. The van der Waals surface area contributed by atoms with E-state index in [2.05, 4.69) is 10.6 Å². The van der Waals surface area contributed by atoms with Gasteiger partial charge in [-0.15, -0.1) is 0 Å². The van der Waals surface area contributed by atoms with Gasteiger partial charge in [0.1, 0.15) is 0 Å². The van der Waals surface area contributed by atoms with Gasteiger partial charge in [0.2, 0.25) is 0 Å². The summed E-state index contributed by atoms with van der Waals surface area (Å²) in [5.41, 5.74) is 2.77. The van der Waals surface area contributed by atoms with Crippen LogP contribution in [0.4, 0.5) is 27.5 Å². The van der Waals surface area contributed by atoms with Gasteiger partial charge >= 0.3 is 12.0 Å². The summed E-state index contributed by atoms with van der Waals surface area (Å²) < 4.78 is 5.28. The van der Waals surface area contributed by atoms with Gasteiger partial charge in [-0.1, -0.05) is 54.6 Å². The lowest BCUT2D eigenvalue weighted by Crippen LogP contribution is -2.30. The third-order valence-electron chi connectivity index (χ3n) is 5.02. The van der Waals surface area contributed by atoms with E-state index < -0.39 is 18.6 Å². The molecule has 0 atom stereocenters. The molecule has 0 aromatic heterocycles. The van der Waals surface area contributed by atoms with Crippen LogP contribution in [0.3, 0.4) is 0 Å². The minimum Gasteiger partial charge on any atom is -0.452 e. The highest BCUT2D eigenvalue weighted by Crippen LogP contribution is 2.25. The first-order valence-corrected chi connectivity index (χ1v) is 10.9. The van der Waals surface area contributed by atoms with Crippen LogP contribution in [0.1, 0.15) is 10.4 Å². The van der Waals surface area contributed by atoms with E-state index in [4.69, 9.17) is 4.74 Å². The lowest BCUT2D eigenvalue weighted by molar-refractivity contribution is -0.120. The van der Waals surface area contributed by atoms with Gasteiger partial charge in [0.05, 0.1) is 5.56 Å². The number of hydrogen-bond acceptors (Lipinski definition) is 4. The lowest BCUT2D eigenvalue weighted by atomic mass is 10.2. The van der Waals surface area contributed by atoms with Crippen LogP contribution in [-0.4, -0.2) is 24.5 Å². The first-order chi connectivity index (χ1) is 17.1. The fourth-order valence-corrected chi connectivity index (χ4v) is 3.37. The number of nitrogens with zero attached hydrogens (tertiary/aromatic N) is 1. The molecule has 0 saturated heterocycles. The Bertz CT molecular complexity index is 1240. The molecule has 0 bridgehead atoms. The van der Waals surface area contributed by atoms with Crippen LogP contribution in [-0.2, 0) is 9.53 Å². The van der Waals surface area contributed by atoms with E-state index in [1.165, 1.54) is 17.0 Å². The zero-order valence-corrected chi connectivity index (χ0v) is 18.8.